The fourth-order valence-electron chi connectivity index (χ4n) is 2.43. The van der Waals surface area contributed by atoms with Crippen molar-refractivity contribution in [3.8, 4) is 0 Å². The molecule has 0 aromatic carbocycles. The SMILES string of the molecule is O=C(Cn1cccc1C(=O)O)NC1CCCCC1O. The first kappa shape index (κ1) is 13.6. The molecule has 1 saturated carbocycles. The van der Waals surface area contributed by atoms with Crippen molar-refractivity contribution in [1.29, 1.82) is 0 Å². The summed E-state index contributed by atoms with van der Waals surface area (Å²) in [7, 11) is 0. The molecule has 1 fully saturated rings. The van der Waals surface area contributed by atoms with Crippen LogP contribution in [0, 0.1) is 0 Å². The molecule has 1 aromatic rings. The second kappa shape index (κ2) is 5.88. The first-order chi connectivity index (χ1) is 9.08. The fourth-order valence-corrected chi connectivity index (χ4v) is 2.43. The Morgan fingerprint density at radius 1 is 1.37 bits per heavy atom. The zero-order chi connectivity index (χ0) is 13.8. The third-order valence-corrected chi connectivity index (χ3v) is 3.44. The standard InChI is InChI=1S/C13H18N2O4/c16-11-6-2-1-4-9(11)14-12(17)8-15-7-3-5-10(15)13(18)19/h3,5,7,9,11,16H,1-2,4,6,8H2,(H,14,17)(H,18,19). The van der Waals surface area contributed by atoms with Crippen LogP contribution in [-0.2, 0) is 11.3 Å². The molecule has 2 atom stereocenters. The van der Waals surface area contributed by atoms with E-state index >= 15 is 0 Å². The Hall–Kier alpha value is -1.82. The van der Waals surface area contributed by atoms with Crippen LogP contribution in [0.1, 0.15) is 36.2 Å². The number of amides is 1. The number of carboxylic acids is 1. The summed E-state index contributed by atoms with van der Waals surface area (Å²) in [6.07, 6.45) is 4.50. The average Bonchev–Trinajstić information content (AvgIpc) is 2.80. The van der Waals surface area contributed by atoms with Crippen LogP contribution in [0.15, 0.2) is 18.3 Å². The van der Waals surface area contributed by atoms with Crippen molar-refractivity contribution in [2.24, 2.45) is 0 Å². The van der Waals surface area contributed by atoms with Gasteiger partial charge in [0, 0.05) is 6.20 Å². The van der Waals surface area contributed by atoms with Crippen LogP contribution in [0.3, 0.4) is 0 Å². The van der Waals surface area contributed by atoms with Crippen LogP contribution in [0.2, 0.25) is 0 Å². The highest BCUT2D eigenvalue weighted by atomic mass is 16.4. The van der Waals surface area contributed by atoms with Crippen molar-refractivity contribution in [1.82, 2.24) is 9.88 Å². The minimum atomic E-state index is -1.06. The van der Waals surface area contributed by atoms with Gasteiger partial charge in [-0.2, -0.15) is 0 Å². The lowest BCUT2D eigenvalue weighted by Crippen LogP contribution is -2.46. The van der Waals surface area contributed by atoms with E-state index in [0.717, 1.165) is 19.3 Å². The van der Waals surface area contributed by atoms with Gasteiger partial charge in [0.2, 0.25) is 5.91 Å². The van der Waals surface area contributed by atoms with E-state index in [0.29, 0.717) is 6.42 Å². The van der Waals surface area contributed by atoms with Crippen LogP contribution in [0.25, 0.3) is 0 Å². The second-order valence-corrected chi connectivity index (χ2v) is 4.85. The molecular weight excluding hydrogens is 248 g/mol. The Kier molecular flexibility index (Phi) is 4.21. The molecule has 0 aliphatic heterocycles. The van der Waals surface area contributed by atoms with Crippen molar-refractivity contribution in [3.05, 3.63) is 24.0 Å². The topological polar surface area (TPSA) is 91.6 Å². The molecule has 2 unspecified atom stereocenters. The summed E-state index contributed by atoms with van der Waals surface area (Å²) in [6, 6.07) is 2.82. The van der Waals surface area contributed by atoms with E-state index in [1.54, 1.807) is 12.3 Å². The Morgan fingerprint density at radius 3 is 2.79 bits per heavy atom. The first-order valence-electron chi connectivity index (χ1n) is 6.44. The predicted molar refractivity (Wildman–Crippen MR) is 67.8 cm³/mol. The number of aromatic nitrogens is 1. The maximum Gasteiger partial charge on any atom is 0.352 e. The number of nitrogens with zero attached hydrogens (tertiary/aromatic N) is 1. The molecule has 0 saturated heterocycles. The van der Waals surface area contributed by atoms with Gasteiger partial charge in [0.05, 0.1) is 12.1 Å². The summed E-state index contributed by atoms with van der Waals surface area (Å²) in [5, 5.41) is 21.5. The molecule has 3 N–H and O–H groups in total. The van der Waals surface area contributed by atoms with Gasteiger partial charge in [-0.15, -0.1) is 0 Å². The van der Waals surface area contributed by atoms with Crippen molar-refractivity contribution in [2.75, 3.05) is 0 Å². The quantitative estimate of drug-likeness (QED) is 0.744. The van der Waals surface area contributed by atoms with Gasteiger partial charge in [0.25, 0.3) is 0 Å². The van der Waals surface area contributed by atoms with Crippen molar-refractivity contribution < 1.29 is 19.8 Å². The van der Waals surface area contributed by atoms with Crippen LogP contribution in [0.4, 0.5) is 0 Å². The Bertz CT molecular complexity index is 469. The van der Waals surface area contributed by atoms with E-state index in [1.165, 1.54) is 10.6 Å². The third-order valence-electron chi connectivity index (χ3n) is 3.44. The molecule has 1 heterocycles. The molecule has 19 heavy (non-hydrogen) atoms. The van der Waals surface area contributed by atoms with Gasteiger partial charge in [0.1, 0.15) is 12.2 Å². The zero-order valence-corrected chi connectivity index (χ0v) is 10.6. The van der Waals surface area contributed by atoms with E-state index in [9.17, 15) is 14.7 Å². The molecule has 0 bridgehead atoms. The van der Waals surface area contributed by atoms with Gasteiger partial charge in [0.15, 0.2) is 0 Å². The maximum atomic E-state index is 11.9. The van der Waals surface area contributed by atoms with Gasteiger partial charge >= 0.3 is 5.97 Å². The number of hydrogen-bond acceptors (Lipinski definition) is 3. The lowest BCUT2D eigenvalue weighted by molar-refractivity contribution is -0.123. The minimum Gasteiger partial charge on any atom is -0.477 e. The maximum absolute atomic E-state index is 11.9. The van der Waals surface area contributed by atoms with Crippen LogP contribution >= 0.6 is 0 Å². The summed E-state index contributed by atoms with van der Waals surface area (Å²) in [4.78, 5) is 22.8. The smallest absolute Gasteiger partial charge is 0.352 e. The van der Waals surface area contributed by atoms with Crippen LogP contribution in [0.5, 0.6) is 0 Å². The summed E-state index contributed by atoms with van der Waals surface area (Å²) < 4.78 is 1.38. The summed E-state index contributed by atoms with van der Waals surface area (Å²) in [6.45, 7) is -0.0438. The summed E-state index contributed by atoms with van der Waals surface area (Å²) in [5.41, 5.74) is 0.0827. The Labute approximate surface area is 111 Å². The molecule has 1 aliphatic rings. The fraction of sp³-hybridized carbons (Fsp3) is 0.538. The summed E-state index contributed by atoms with van der Waals surface area (Å²) in [5.74, 6) is -1.33. The molecule has 104 valence electrons. The number of carbonyl (C=O) groups is 2. The first-order valence-corrected chi connectivity index (χ1v) is 6.44. The number of nitrogens with one attached hydrogen (secondary N) is 1. The molecule has 2 rings (SSSR count). The molecular formula is C13H18N2O4. The van der Waals surface area contributed by atoms with E-state index in [4.69, 9.17) is 5.11 Å². The van der Waals surface area contributed by atoms with E-state index in [-0.39, 0.29) is 24.2 Å². The van der Waals surface area contributed by atoms with E-state index in [2.05, 4.69) is 5.32 Å². The monoisotopic (exact) mass is 266 g/mol. The van der Waals surface area contributed by atoms with Crippen LogP contribution < -0.4 is 5.32 Å². The Balaban J connectivity index is 1.93. The predicted octanol–water partition coefficient (Wildman–Crippen LogP) is 0.606. The van der Waals surface area contributed by atoms with Gasteiger partial charge in [-0.25, -0.2) is 4.79 Å². The van der Waals surface area contributed by atoms with E-state index in [1.807, 2.05) is 0 Å². The zero-order valence-electron chi connectivity index (χ0n) is 10.6. The van der Waals surface area contributed by atoms with Gasteiger partial charge in [-0.1, -0.05) is 12.8 Å². The summed E-state index contributed by atoms with van der Waals surface area (Å²) >= 11 is 0. The van der Waals surface area contributed by atoms with E-state index < -0.39 is 12.1 Å². The third kappa shape index (κ3) is 3.35. The lowest BCUT2D eigenvalue weighted by atomic mass is 9.92. The Morgan fingerprint density at radius 2 is 2.11 bits per heavy atom. The van der Waals surface area contributed by atoms with Crippen molar-refractivity contribution in [2.45, 2.75) is 44.4 Å². The minimum absolute atomic E-state index is 0.0438. The van der Waals surface area contributed by atoms with Crippen LogP contribution in [-0.4, -0.2) is 38.8 Å². The molecule has 1 aliphatic carbocycles. The molecule has 0 spiro atoms. The van der Waals surface area contributed by atoms with Crippen molar-refractivity contribution >= 4 is 11.9 Å². The highest BCUT2D eigenvalue weighted by Crippen LogP contribution is 2.18. The number of aliphatic hydroxyl groups is 1. The van der Waals surface area contributed by atoms with Gasteiger partial charge < -0.3 is 20.1 Å². The average molecular weight is 266 g/mol. The molecule has 1 amide bonds. The number of aliphatic hydroxyl groups excluding tert-OH is 1. The molecule has 6 nitrogen and oxygen atoms in total. The highest BCUT2D eigenvalue weighted by Gasteiger charge is 2.24. The molecule has 1 aromatic heterocycles. The highest BCUT2D eigenvalue weighted by molar-refractivity contribution is 5.86. The van der Waals surface area contributed by atoms with Gasteiger partial charge in [-0.05, 0) is 25.0 Å². The molecule has 6 heteroatoms. The van der Waals surface area contributed by atoms with Gasteiger partial charge in [-0.3, -0.25) is 4.79 Å². The molecule has 0 radical (unpaired) electrons. The number of aromatic carboxylic acids is 1. The number of rotatable bonds is 4. The largest absolute Gasteiger partial charge is 0.477 e. The lowest BCUT2D eigenvalue weighted by Gasteiger charge is -2.28. The normalized spacial score (nSPS) is 23.0. The number of carboxylic acid groups (broad SMARTS) is 1. The second-order valence-electron chi connectivity index (χ2n) is 4.85. The number of hydrogen-bond donors (Lipinski definition) is 3. The number of carbonyl (C=O) groups excluding carboxylic acids is 1. The van der Waals surface area contributed by atoms with Crippen molar-refractivity contribution in [3.63, 3.8) is 0 Å².